The molecule has 0 unspecified atom stereocenters. The molecule has 0 spiro atoms. The number of ether oxygens (including phenoxy) is 1. The van der Waals surface area contributed by atoms with Crippen LogP contribution in [0.2, 0.25) is 5.02 Å². The van der Waals surface area contributed by atoms with E-state index in [9.17, 15) is 4.79 Å². The van der Waals surface area contributed by atoms with Gasteiger partial charge in [-0.05, 0) is 42.0 Å². The molecular weight excluding hydrogens is 354 g/mol. The first-order valence-electron chi connectivity index (χ1n) is 6.25. The molecule has 106 valence electrons. The summed E-state index contributed by atoms with van der Waals surface area (Å²) in [7, 11) is 1.61. The van der Waals surface area contributed by atoms with Gasteiger partial charge in [0.2, 0.25) is 0 Å². The quantitative estimate of drug-likeness (QED) is 0.791. The summed E-state index contributed by atoms with van der Waals surface area (Å²) in [5.41, 5.74) is 3.09. The Bertz CT molecular complexity index is 771. The van der Waals surface area contributed by atoms with Gasteiger partial charge in [-0.2, -0.15) is 0 Å². The highest BCUT2D eigenvalue weighted by Crippen LogP contribution is 2.36. The fourth-order valence-electron chi connectivity index (χ4n) is 2.21. The van der Waals surface area contributed by atoms with Gasteiger partial charge in [0.05, 0.1) is 7.11 Å². The van der Waals surface area contributed by atoms with Crippen LogP contribution in [0.15, 0.2) is 40.9 Å². The summed E-state index contributed by atoms with van der Waals surface area (Å²) in [6.07, 6.45) is 1.83. The van der Waals surface area contributed by atoms with Gasteiger partial charge in [-0.15, -0.1) is 0 Å². The average Bonchev–Trinajstić information content (AvgIpc) is 2.77. The maximum Gasteiger partial charge on any atom is 0.256 e. The maximum absolute atomic E-state index is 12.1. The summed E-state index contributed by atoms with van der Waals surface area (Å²) >= 11 is 9.51. The Morgan fingerprint density at radius 1 is 1.24 bits per heavy atom. The van der Waals surface area contributed by atoms with Crippen LogP contribution in [0.1, 0.15) is 11.1 Å². The van der Waals surface area contributed by atoms with Gasteiger partial charge in [-0.3, -0.25) is 4.79 Å². The van der Waals surface area contributed by atoms with E-state index in [1.165, 1.54) is 0 Å². The van der Waals surface area contributed by atoms with Crippen LogP contribution in [-0.4, -0.2) is 13.0 Å². The molecule has 0 fully saturated rings. The molecule has 1 aliphatic rings. The number of rotatable bonds is 2. The minimum absolute atomic E-state index is 0.130. The molecule has 0 aromatic heterocycles. The Balaban J connectivity index is 2.08. The number of amides is 1. The van der Waals surface area contributed by atoms with E-state index in [1.807, 2.05) is 24.3 Å². The Labute approximate surface area is 135 Å². The molecule has 3 rings (SSSR count). The molecule has 0 saturated heterocycles. The third-order valence-corrected chi connectivity index (χ3v) is 4.19. The summed E-state index contributed by atoms with van der Waals surface area (Å²) in [5.74, 6) is 0.623. The van der Waals surface area contributed by atoms with E-state index in [4.69, 9.17) is 16.3 Å². The van der Waals surface area contributed by atoms with Crippen molar-refractivity contribution in [3.8, 4) is 5.75 Å². The summed E-state index contributed by atoms with van der Waals surface area (Å²) in [6.45, 7) is 0. The van der Waals surface area contributed by atoms with Gasteiger partial charge >= 0.3 is 0 Å². The first-order chi connectivity index (χ1) is 10.1. The van der Waals surface area contributed by atoms with Crippen molar-refractivity contribution < 1.29 is 9.53 Å². The first kappa shape index (κ1) is 14.2. The van der Waals surface area contributed by atoms with Crippen LogP contribution in [0, 0.1) is 0 Å². The van der Waals surface area contributed by atoms with Crippen LogP contribution in [0.25, 0.3) is 11.6 Å². The fraction of sp³-hybridized carbons (Fsp3) is 0.0625. The Morgan fingerprint density at radius 2 is 2.05 bits per heavy atom. The van der Waals surface area contributed by atoms with Gasteiger partial charge in [0.15, 0.2) is 0 Å². The maximum atomic E-state index is 12.1. The summed E-state index contributed by atoms with van der Waals surface area (Å²) in [6, 6.07) is 11.0. The van der Waals surface area contributed by atoms with Crippen LogP contribution >= 0.6 is 27.5 Å². The van der Waals surface area contributed by atoms with Crippen molar-refractivity contribution in [2.24, 2.45) is 0 Å². The molecule has 0 bridgehead atoms. The van der Waals surface area contributed by atoms with Crippen LogP contribution in [0.5, 0.6) is 5.75 Å². The lowest BCUT2D eigenvalue weighted by Crippen LogP contribution is -2.03. The van der Waals surface area contributed by atoms with Crippen molar-refractivity contribution in [3.05, 3.63) is 57.0 Å². The molecule has 5 heteroatoms. The third kappa shape index (κ3) is 2.69. The number of nitrogens with one attached hydrogen (secondary N) is 1. The lowest BCUT2D eigenvalue weighted by Gasteiger charge is -2.04. The zero-order valence-corrected chi connectivity index (χ0v) is 13.5. The van der Waals surface area contributed by atoms with E-state index in [1.54, 1.807) is 25.3 Å². The largest absolute Gasteiger partial charge is 0.497 e. The van der Waals surface area contributed by atoms with Crippen LogP contribution < -0.4 is 10.1 Å². The number of hydrogen-bond acceptors (Lipinski definition) is 2. The van der Waals surface area contributed by atoms with Crippen molar-refractivity contribution in [1.82, 2.24) is 0 Å². The second-order valence-electron chi connectivity index (χ2n) is 4.59. The molecule has 0 saturated carbocycles. The van der Waals surface area contributed by atoms with Crippen LogP contribution in [-0.2, 0) is 4.79 Å². The van der Waals surface area contributed by atoms with E-state index in [-0.39, 0.29) is 5.91 Å². The fourth-order valence-corrected chi connectivity index (χ4v) is 2.86. The lowest BCUT2D eigenvalue weighted by molar-refractivity contribution is -0.110. The van der Waals surface area contributed by atoms with Gasteiger partial charge in [0, 0.05) is 26.3 Å². The van der Waals surface area contributed by atoms with Crippen molar-refractivity contribution in [1.29, 1.82) is 0 Å². The Kier molecular flexibility index (Phi) is 3.74. The number of carbonyl (C=O) groups excluding carboxylic acids is 1. The smallest absolute Gasteiger partial charge is 0.256 e. The van der Waals surface area contributed by atoms with Gasteiger partial charge in [-0.25, -0.2) is 0 Å². The minimum atomic E-state index is -0.130. The van der Waals surface area contributed by atoms with Gasteiger partial charge in [-0.1, -0.05) is 33.6 Å². The number of halogens is 2. The molecule has 21 heavy (non-hydrogen) atoms. The van der Waals surface area contributed by atoms with Crippen molar-refractivity contribution in [2.45, 2.75) is 0 Å². The third-order valence-electron chi connectivity index (χ3n) is 3.27. The molecule has 2 aromatic rings. The second kappa shape index (κ2) is 5.54. The van der Waals surface area contributed by atoms with Crippen molar-refractivity contribution in [3.63, 3.8) is 0 Å². The van der Waals surface area contributed by atoms with Crippen LogP contribution in [0.4, 0.5) is 5.69 Å². The summed E-state index contributed by atoms with van der Waals surface area (Å²) < 4.78 is 6.02. The molecule has 0 atom stereocenters. The molecule has 3 nitrogen and oxygen atoms in total. The highest BCUT2D eigenvalue weighted by molar-refractivity contribution is 9.10. The lowest BCUT2D eigenvalue weighted by atomic mass is 10.0. The monoisotopic (exact) mass is 363 g/mol. The predicted octanol–water partition coefficient (Wildman–Crippen LogP) is 4.60. The number of methoxy groups -OCH3 is 1. The van der Waals surface area contributed by atoms with E-state index in [0.717, 1.165) is 27.0 Å². The number of carbonyl (C=O) groups is 1. The van der Waals surface area contributed by atoms with Crippen LogP contribution in [0.3, 0.4) is 0 Å². The van der Waals surface area contributed by atoms with Gasteiger partial charge in [0.25, 0.3) is 5.91 Å². The Hall–Kier alpha value is -1.78. The minimum Gasteiger partial charge on any atom is -0.497 e. The SMILES string of the molecule is COc1ccc(/C=C2/C(=O)Nc3ccc(Cl)cc32)c(Br)c1. The van der Waals surface area contributed by atoms with Crippen molar-refractivity contribution in [2.75, 3.05) is 12.4 Å². The number of benzene rings is 2. The Morgan fingerprint density at radius 3 is 2.76 bits per heavy atom. The normalized spacial score (nSPS) is 15.0. The standard InChI is InChI=1S/C16H11BrClNO2/c1-21-11-4-2-9(14(17)8-11)6-13-12-7-10(18)3-5-15(12)19-16(13)20/h2-8H,1H3,(H,19,20)/b13-6+. The van der Waals surface area contributed by atoms with E-state index in [0.29, 0.717) is 10.6 Å². The van der Waals surface area contributed by atoms with E-state index >= 15 is 0 Å². The number of fused-ring (bicyclic) bond motifs is 1. The molecule has 1 amide bonds. The average molecular weight is 365 g/mol. The molecule has 2 aromatic carbocycles. The molecule has 1 N–H and O–H groups in total. The molecule has 0 aliphatic carbocycles. The molecule has 0 radical (unpaired) electrons. The predicted molar refractivity (Wildman–Crippen MR) is 88.6 cm³/mol. The van der Waals surface area contributed by atoms with Crippen molar-refractivity contribution >= 4 is 50.8 Å². The summed E-state index contributed by atoms with van der Waals surface area (Å²) in [4.78, 5) is 12.1. The van der Waals surface area contributed by atoms with E-state index in [2.05, 4.69) is 21.2 Å². The second-order valence-corrected chi connectivity index (χ2v) is 5.88. The zero-order valence-electron chi connectivity index (χ0n) is 11.1. The molecule has 1 heterocycles. The molecular formula is C16H11BrClNO2. The first-order valence-corrected chi connectivity index (χ1v) is 7.42. The van der Waals surface area contributed by atoms with E-state index < -0.39 is 0 Å². The topological polar surface area (TPSA) is 38.3 Å². The molecule has 1 aliphatic heterocycles. The number of hydrogen-bond donors (Lipinski definition) is 1. The summed E-state index contributed by atoms with van der Waals surface area (Å²) in [5, 5.41) is 3.43. The highest BCUT2D eigenvalue weighted by atomic mass is 79.9. The number of anilines is 1. The highest BCUT2D eigenvalue weighted by Gasteiger charge is 2.24. The zero-order chi connectivity index (χ0) is 15.0. The van der Waals surface area contributed by atoms with Gasteiger partial charge < -0.3 is 10.1 Å². The van der Waals surface area contributed by atoms with Gasteiger partial charge in [0.1, 0.15) is 5.75 Å².